The molecule has 0 fully saturated rings. The molecule has 1 amide bonds. The Labute approximate surface area is 189 Å². The maximum atomic E-state index is 13.7. The van der Waals surface area contributed by atoms with Crippen LogP contribution < -0.4 is 5.56 Å². The molecule has 33 heavy (non-hydrogen) atoms. The number of hydrogen-bond donors (Lipinski definition) is 1. The molecular formula is C26H21N5O2. The lowest BCUT2D eigenvalue weighted by Gasteiger charge is -2.21. The molecule has 7 nitrogen and oxygen atoms in total. The zero-order valence-corrected chi connectivity index (χ0v) is 18.0. The summed E-state index contributed by atoms with van der Waals surface area (Å²) < 4.78 is 0. The molecule has 0 saturated carbocycles. The number of aromatic amines is 1. The number of fused-ring (bicyclic) bond motifs is 2. The number of benzene rings is 2. The maximum Gasteiger partial charge on any atom is 0.258 e. The minimum atomic E-state index is -0.215. The number of H-pyrrole nitrogens is 1. The molecule has 0 saturated heterocycles. The third-order valence-corrected chi connectivity index (χ3v) is 5.58. The van der Waals surface area contributed by atoms with Gasteiger partial charge in [-0.25, -0.2) is 9.97 Å². The summed E-state index contributed by atoms with van der Waals surface area (Å²) in [5.74, 6) is 0.289. The smallest absolute Gasteiger partial charge is 0.258 e. The first-order valence-electron chi connectivity index (χ1n) is 10.7. The van der Waals surface area contributed by atoms with Gasteiger partial charge in [0.2, 0.25) is 0 Å². The number of para-hydroxylation sites is 2. The van der Waals surface area contributed by atoms with Gasteiger partial charge in [0.15, 0.2) is 0 Å². The van der Waals surface area contributed by atoms with Crippen LogP contribution >= 0.6 is 0 Å². The predicted octanol–water partition coefficient (Wildman–Crippen LogP) is 4.20. The van der Waals surface area contributed by atoms with E-state index in [9.17, 15) is 9.59 Å². The van der Waals surface area contributed by atoms with Crippen molar-refractivity contribution in [2.45, 2.75) is 13.5 Å². The first kappa shape index (κ1) is 20.5. The van der Waals surface area contributed by atoms with Crippen LogP contribution in [0.2, 0.25) is 0 Å². The van der Waals surface area contributed by atoms with Crippen molar-refractivity contribution >= 4 is 27.7 Å². The molecular weight excluding hydrogens is 414 g/mol. The minimum Gasteiger partial charge on any atom is -0.331 e. The average molecular weight is 435 g/mol. The summed E-state index contributed by atoms with van der Waals surface area (Å²) in [4.78, 5) is 44.1. The number of pyridine rings is 2. The Morgan fingerprint density at radius 2 is 1.67 bits per heavy atom. The molecule has 0 bridgehead atoms. The zero-order valence-electron chi connectivity index (χ0n) is 18.0. The average Bonchev–Trinajstić information content (AvgIpc) is 2.87. The van der Waals surface area contributed by atoms with Crippen molar-refractivity contribution in [2.24, 2.45) is 0 Å². The second kappa shape index (κ2) is 8.63. The second-order valence-corrected chi connectivity index (χ2v) is 7.66. The lowest BCUT2D eigenvalue weighted by molar-refractivity contribution is 0.0750. The fourth-order valence-corrected chi connectivity index (χ4v) is 3.90. The highest BCUT2D eigenvalue weighted by Crippen LogP contribution is 2.25. The van der Waals surface area contributed by atoms with Crippen molar-refractivity contribution in [3.8, 4) is 11.3 Å². The number of carbonyl (C=O) groups excluding carboxylic acids is 1. The molecule has 3 aromatic heterocycles. The summed E-state index contributed by atoms with van der Waals surface area (Å²) in [6.07, 6.45) is 3.43. The second-order valence-electron chi connectivity index (χ2n) is 7.66. The highest BCUT2D eigenvalue weighted by molar-refractivity contribution is 6.07. The van der Waals surface area contributed by atoms with Crippen molar-refractivity contribution < 1.29 is 4.79 Å². The van der Waals surface area contributed by atoms with E-state index in [1.54, 1.807) is 41.6 Å². The maximum absolute atomic E-state index is 13.7. The van der Waals surface area contributed by atoms with E-state index in [4.69, 9.17) is 4.98 Å². The van der Waals surface area contributed by atoms with E-state index in [2.05, 4.69) is 15.0 Å². The largest absolute Gasteiger partial charge is 0.331 e. The number of aromatic nitrogens is 4. The van der Waals surface area contributed by atoms with Crippen molar-refractivity contribution in [3.63, 3.8) is 0 Å². The third kappa shape index (κ3) is 3.96. The van der Waals surface area contributed by atoms with E-state index >= 15 is 0 Å². The summed E-state index contributed by atoms with van der Waals surface area (Å²) in [5, 5.41) is 1.30. The number of carbonyl (C=O) groups is 1. The summed E-state index contributed by atoms with van der Waals surface area (Å²) in [5.41, 5.74) is 3.18. The fraction of sp³-hybridized carbons (Fsp3) is 0.115. The van der Waals surface area contributed by atoms with Crippen LogP contribution in [0.15, 0.2) is 83.9 Å². The standard InChI is InChI=1S/C26H21N5O2/c1-2-31(16-24-29-22-12-6-4-10-19(22)25(32)30-24)26(33)20-14-23(17-8-7-13-27-15-17)28-21-11-5-3-9-18(20)21/h3-15H,2,16H2,1H3,(H,29,30,32). The van der Waals surface area contributed by atoms with Gasteiger partial charge < -0.3 is 9.88 Å². The molecule has 1 N–H and O–H groups in total. The van der Waals surface area contributed by atoms with E-state index in [1.165, 1.54) is 0 Å². The van der Waals surface area contributed by atoms with E-state index in [-0.39, 0.29) is 18.0 Å². The summed E-state index contributed by atoms with van der Waals surface area (Å²) in [6.45, 7) is 2.55. The van der Waals surface area contributed by atoms with E-state index < -0.39 is 0 Å². The predicted molar refractivity (Wildman–Crippen MR) is 128 cm³/mol. The SMILES string of the molecule is CCN(Cc1nc2ccccc2c(=O)[nH]1)C(=O)c1cc(-c2cccnc2)nc2ccccc12. The van der Waals surface area contributed by atoms with Gasteiger partial charge in [-0.05, 0) is 43.3 Å². The molecule has 0 atom stereocenters. The number of amides is 1. The van der Waals surface area contributed by atoms with Gasteiger partial charge in [-0.2, -0.15) is 0 Å². The van der Waals surface area contributed by atoms with Gasteiger partial charge in [0.1, 0.15) is 5.82 Å². The number of nitrogens with one attached hydrogen (secondary N) is 1. The van der Waals surface area contributed by atoms with Gasteiger partial charge >= 0.3 is 0 Å². The molecule has 7 heteroatoms. The van der Waals surface area contributed by atoms with E-state index in [1.807, 2.05) is 49.4 Å². The molecule has 0 aliphatic heterocycles. The summed E-state index contributed by atoms with van der Waals surface area (Å²) >= 11 is 0. The Balaban J connectivity index is 1.56. The highest BCUT2D eigenvalue weighted by atomic mass is 16.2. The Hall–Kier alpha value is -4.39. The zero-order chi connectivity index (χ0) is 22.8. The fourth-order valence-electron chi connectivity index (χ4n) is 3.90. The molecule has 0 radical (unpaired) electrons. The van der Waals surface area contributed by atoms with Gasteiger partial charge in [-0.1, -0.05) is 30.3 Å². The van der Waals surface area contributed by atoms with Crippen molar-refractivity contribution in [2.75, 3.05) is 6.54 Å². The summed E-state index contributed by atoms with van der Waals surface area (Å²) in [6, 6.07) is 20.3. The Morgan fingerprint density at radius 1 is 0.939 bits per heavy atom. The van der Waals surface area contributed by atoms with Crippen molar-refractivity contribution in [3.05, 3.63) is 101 Å². The van der Waals surface area contributed by atoms with Crippen LogP contribution in [0.3, 0.4) is 0 Å². The van der Waals surface area contributed by atoms with Gasteiger partial charge in [-0.3, -0.25) is 14.6 Å². The highest BCUT2D eigenvalue weighted by Gasteiger charge is 2.20. The van der Waals surface area contributed by atoms with Crippen LogP contribution in [0.5, 0.6) is 0 Å². The molecule has 5 aromatic rings. The first-order chi connectivity index (χ1) is 16.1. The topological polar surface area (TPSA) is 91.8 Å². The molecule has 0 unspecified atom stereocenters. The van der Waals surface area contributed by atoms with Crippen LogP contribution in [-0.2, 0) is 6.54 Å². The normalized spacial score (nSPS) is 11.1. The quantitative estimate of drug-likeness (QED) is 0.447. The third-order valence-electron chi connectivity index (χ3n) is 5.58. The van der Waals surface area contributed by atoms with E-state index in [0.29, 0.717) is 34.5 Å². The minimum absolute atomic E-state index is 0.156. The molecule has 162 valence electrons. The number of nitrogens with zero attached hydrogens (tertiary/aromatic N) is 4. The van der Waals surface area contributed by atoms with Crippen LogP contribution in [0, 0.1) is 0 Å². The Morgan fingerprint density at radius 3 is 2.39 bits per heavy atom. The van der Waals surface area contributed by atoms with Crippen LogP contribution in [-0.4, -0.2) is 37.3 Å². The Kier molecular flexibility index (Phi) is 5.36. The van der Waals surface area contributed by atoms with Crippen molar-refractivity contribution in [1.82, 2.24) is 24.8 Å². The van der Waals surface area contributed by atoms with E-state index in [0.717, 1.165) is 16.5 Å². The Bertz CT molecular complexity index is 1530. The van der Waals surface area contributed by atoms with Gasteiger partial charge in [0, 0.05) is 29.9 Å². The molecule has 2 aromatic carbocycles. The van der Waals surface area contributed by atoms with Gasteiger partial charge in [0.25, 0.3) is 11.5 Å². The lowest BCUT2D eigenvalue weighted by Crippen LogP contribution is -2.32. The molecule has 0 spiro atoms. The summed E-state index contributed by atoms with van der Waals surface area (Å²) in [7, 11) is 0. The van der Waals surface area contributed by atoms with Gasteiger partial charge in [0.05, 0.1) is 34.2 Å². The molecule has 3 heterocycles. The van der Waals surface area contributed by atoms with Crippen LogP contribution in [0.1, 0.15) is 23.1 Å². The van der Waals surface area contributed by atoms with Crippen LogP contribution in [0.4, 0.5) is 0 Å². The lowest BCUT2D eigenvalue weighted by atomic mass is 10.0. The molecule has 5 rings (SSSR count). The number of hydrogen-bond acceptors (Lipinski definition) is 5. The van der Waals surface area contributed by atoms with Crippen molar-refractivity contribution in [1.29, 1.82) is 0 Å². The molecule has 0 aliphatic carbocycles. The number of rotatable bonds is 5. The molecule has 0 aliphatic rings. The van der Waals surface area contributed by atoms with Crippen LogP contribution in [0.25, 0.3) is 33.1 Å². The van der Waals surface area contributed by atoms with Gasteiger partial charge in [-0.15, -0.1) is 0 Å². The monoisotopic (exact) mass is 435 g/mol. The first-order valence-corrected chi connectivity index (χ1v) is 10.7.